The van der Waals surface area contributed by atoms with Gasteiger partial charge in [-0.05, 0) is 40.0 Å². The van der Waals surface area contributed by atoms with Crippen LogP contribution in [0.4, 0.5) is 0 Å². The minimum atomic E-state index is -0.955. The summed E-state index contributed by atoms with van der Waals surface area (Å²) in [4.78, 5) is 10.8. The standard InChI is InChI=1S/C26H50O6/c1-7-10-11-12-13-14-15-18-30-21-23(20-29-17-8-2)25(4,5)31-19-16-26(6,9-3)32-22-24(27)28/h8,23H,2,7,9-22H2,1,3-6H3,(H,27,28). The molecule has 0 saturated carbocycles. The third-order valence-electron chi connectivity index (χ3n) is 6.15. The zero-order chi connectivity index (χ0) is 24.3. The molecule has 0 aromatic rings. The van der Waals surface area contributed by atoms with Gasteiger partial charge in [-0.2, -0.15) is 0 Å². The van der Waals surface area contributed by atoms with Gasteiger partial charge in [0.2, 0.25) is 0 Å². The van der Waals surface area contributed by atoms with Crippen molar-refractivity contribution in [3.8, 4) is 0 Å². The van der Waals surface area contributed by atoms with E-state index in [1.54, 1.807) is 6.08 Å². The summed E-state index contributed by atoms with van der Waals surface area (Å²) in [7, 11) is 0. The Morgan fingerprint density at radius 2 is 1.56 bits per heavy atom. The smallest absolute Gasteiger partial charge is 0.329 e. The molecule has 32 heavy (non-hydrogen) atoms. The fourth-order valence-corrected chi connectivity index (χ4v) is 3.36. The van der Waals surface area contributed by atoms with Crippen LogP contribution >= 0.6 is 0 Å². The van der Waals surface area contributed by atoms with Crippen LogP contribution < -0.4 is 0 Å². The van der Waals surface area contributed by atoms with Gasteiger partial charge in [-0.1, -0.05) is 58.4 Å². The van der Waals surface area contributed by atoms with E-state index in [-0.39, 0.29) is 12.5 Å². The second-order valence-electron chi connectivity index (χ2n) is 9.41. The fraction of sp³-hybridized carbons (Fsp3) is 0.885. The SMILES string of the molecule is C=CCOCC(COCCCCCCCCC)C(C)(C)OCCC(C)(CC)OCC(=O)O. The van der Waals surface area contributed by atoms with Gasteiger partial charge in [0, 0.05) is 12.5 Å². The molecule has 2 unspecified atom stereocenters. The first-order valence-electron chi connectivity index (χ1n) is 12.5. The summed E-state index contributed by atoms with van der Waals surface area (Å²) in [6.45, 7) is 16.6. The average Bonchev–Trinajstić information content (AvgIpc) is 2.75. The largest absolute Gasteiger partial charge is 0.480 e. The molecule has 0 aromatic heterocycles. The number of hydrogen-bond acceptors (Lipinski definition) is 5. The number of carboxylic acids is 1. The molecule has 0 fully saturated rings. The molecule has 0 saturated heterocycles. The number of rotatable bonds is 23. The average molecular weight is 459 g/mol. The number of carbonyl (C=O) groups is 1. The topological polar surface area (TPSA) is 74.2 Å². The zero-order valence-corrected chi connectivity index (χ0v) is 21.5. The molecule has 0 heterocycles. The van der Waals surface area contributed by atoms with E-state index in [0.29, 0.717) is 32.8 Å². The van der Waals surface area contributed by atoms with Gasteiger partial charge in [0.05, 0.1) is 37.6 Å². The van der Waals surface area contributed by atoms with Crippen molar-refractivity contribution < 1.29 is 28.8 Å². The van der Waals surface area contributed by atoms with Crippen molar-refractivity contribution in [2.45, 2.75) is 104 Å². The highest BCUT2D eigenvalue weighted by molar-refractivity contribution is 5.68. The van der Waals surface area contributed by atoms with Gasteiger partial charge in [0.25, 0.3) is 0 Å². The van der Waals surface area contributed by atoms with Gasteiger partial charge in [0.15, 0.2) is 0 Å². The third-order valence-corrected chi connectivity index (χ3v) is 6.15. The Morgan fingerprint density at radius 1 is 0.938 bits per heavy atom. The zero-order valence-electron chi connectivity index (χ0n) is 21.5. The first kappa shape index (κ1) is 31.0. The van der Waals surface area contributed by atoms with Crippen LogP contribution in [0.2, 0.25) is 0 Å². The fourth-order valence-electron chi connectivity index (χ4n) is 3.36. The van der Waals surface area contributed by atoms with Crippen molar-refractivity contribution >= 4 is 5.97 Å². The van der Waals surface area contributed by atoms with Crippen LogP contribution in [0.15, 0.2) is 12.7 Å². The van der Waals surface area contributed by atoms with Gasteiger partial charge < -0.3 is 24.1 Å². The van der Waals surface area contributed by atoms with Gasteiger partial charge in [-0.25, -0.2) is 4.79 Å². The molecule has 190 valence electrons. The maximum absolute atomic E-state index is 10.8. The third kappa shape index (κ3) is 15.8. The van der Waals surface area contributed by atoms with E-state index >= 15 is 0 Å². The van der Waals surface area contributed by atoms with Crippen LogP contribution in [0.1, 0.15) is 92.4 Å². The van der Waals surface area contributed by atoms with Gasteiger partial charge in [-0.15, -0.1) is 6.58 Å². The van der Waals surface area contributed by atoms with E-state index in [2.05, 4.69) is 27.4 Å². The summed E-state index contributed by atoms with van der Waals surface area (Å²) in [5, 5.41) is 8.90. The van der Waals surface area contributed by atoms with Gasteiger partial charge in [0.1, 0.15) is 6.61 Å². The van der Waals surface area contributed by atoms with Crippen molar-refractivity contribution in [1.29, 1.82) is 0 Å². The molecular weight excluding hydrogens is 408 g/mol. The van der Waals surface area contributed by atoms with Gasteiger partial charge >= 0.3 is 5.97 Å². The van der Waals surface area contributed by atoms with Crippen molar-refractivity contribution in [3.63, 3.8) is 0 Å². The molecule has 0 radical (unpaired) electrons. The second kappa shape index (κ2) is 18.5. The van der Waals surface area contributed by atoms with Crippen LogP contribution in [-0.4, -0.2) is 61.9 Å². The Morgan fingerprint density at radius 3 is 2.16 bits per heavy atom. The Bertz CT molecular complexity index is 479. The Balaban J connectivity index is 4.49. The lowest BCUT2D eigenvalue weighted by atomic mass is 9.91. The number of carboxylic acid groups (broad SMARTS) is 1. The lowest BCUT2D eigenvalue weighted by Crippen LogP contribution is -2.42. The quantitative estimate of drug-likeness (QED) is 0.149. The molecule has 6 heteroatoms. The van der Waals surface area contributed by atoms with E-state index in [0.717, 1.165) is 19.4 Å². The number of hydrogen-bond donors (Lipinski definition) is 1. The van der Waals surface area contributed by atoms with Crippen LogP contribution in [0, 0.1) is 5.92 Å². The minimum absolute atomic E-state index is 0.0832. The maximum Gasteiger partial charge on any atom is 0.329 e. The lowest BCUT2D eigenvalue weighted by Gasteiger charge is -2.36. The van der Waals surface area contributed by atoms with E-state index in [1.165, 1.54) is 38.5 Å². The van der Waals surface area contributed by atoms with E-state index in [4.69, 9.17) is 24.1 Å². The van der Waals surface area contributed by atoms with Crippen molar-refractivity contribution in [2.24, 2.45) is 5.92 Å². The van der Waals surface area contributed by atoms with Crippen molar-refractivity contribution in [3.05, 3.63) is 12.7 Å². The summed E-state index contributed by atoms with van der Waals surface area (Å²) in [5.41, 5.74) is -0.959. The summed E-state index contributed by atoms with van der Waals surface area (Å²) in [6.07, 6.45) is 11.9. The molecule has 6 nitrogen and oxygen atoms in total. The van der Waals surface area contributed by atoms with Crippen LogP contribution in [0.25, 0.3) is 0 Å². The Kier molecular flexibility index (Phi) is 17.9. The molecule has 0 rings (SSSR count). The highest BCUT2D eigenvalue weighted by Crippen LogP contribution is 2.26. The predicted octanol–water partition coefficient (Wildman–Crippen LogP) is 6.03. The van der Waals surface area contributed by atoms with E-state index < -0.39 is 17.2 Å². The van der Waals surface area contributed by atoms with E-state index in [9.17, 15) is 4.79 Å². The lowest BCUT2D eigenvalue weighted by molar-refractivity contribution is -0.153. The highest BCUT2D eigenvalue weighted by Gasteiger charge is 2.32. The second-order valence-corrected chi connectivity index (χ2v) is 9.41. The first-order chi connectivity index (χ1) is 15.2. The molecule has 0 aliphatic carbocycles. The van der Waals surface area contributed by atoms with Crippen LogP contribution in [0.5, 0.6) is 0 Å². The summed E-state index contributed by atoms with van der Waals surface area (Å²) < 4.78 is 23.6. The Hall–Kier alpha value is -0.950. The Labute approximate surface area is 197 Å². The molecule has 0 spiro atoms. The minimum Gasteiger partial charge on any atom is -0.480 e. The number of aliphatic carboxylic acids is 1. The predicted molar refractivity (Wildman–Crippen MR) is 130 cm³/mol. The van der Waals surface area contributed by atoms with Crippen LogP contribution in [0.3, 0.4) is 0 Å². The van der Waals surface area contributed by atoms with Crippen molar-refractivity contribution in [1.82, 2.24) is 0 Å². The summed E-state index contributed by atoms with van der Waals surface area (Å²) in [5.74, 6) is -0.872. The molecule has 0 bridgehead atoms. The first-order valence-corrected chi connectivity index (χ1v) is 12.5. The molecule has 0 aliphatic heterocycles. The molecule has 0 aromatic carbocycles. The summed E-state index contributed by atoms with van der Waals surface area (Å²) >= 11 is 0. The molecular formula is C26H50O6. The monoisotopic (exact) mass is 458 g/mol. The highest BCUT2D eigenvalue weighted by atomic mass is 16.5. The molecule has 0 amide bonds. The molecule has 0 aliphatic rings. The number of ether oxygens (including phenoxy) is 4. The van der Waals surface area contributed by atoms with Crippen LogP contribution in [-0.2, 0) is 23.7 Å². The molecule has 1 N–H and O–H groups in total. The summed E-state index contributed by atoms with van der Waals surface area (Å²) in [6, 6.07) is 0. The van der Waals surface area contributed by atoms with Crippen molar-refractivity contribution in [2.75, 3.05) is 39.6 Å². The maximum atomic E-state index is 10.8. The number of unbranched alkanes of at least 4 members (excludes halogenated alkanes) is 6. The van der Waals surface area contributed by atoms with E-state index in [1.807, 2.05) is 13.8 Å². The molecule has 2 atom stereocenters. The normalized spacial score (nSPS) is 14.8. The van der Waals surface area contributed by atoms with Gasteiger partial charge in [-0.3, -0.25) is 0 Å².